The van der Waals surface area contributed by atoms with Crippen LogP contribution in [0.1, 0.15) is 44.9 Å². The zero-order valence-electron chi connectivity index (χ0n) is 14.3. The molecule has 2 aliphatic heterocycles. The van der Waals surface area contributed by atoms with E-state index in [1.165, 1.54) is 37.0 Å². The third-order valence-electron chi connectivity index (χ3n) is 5.68. The molecular formula is C19H27N3OS. The van der Waals surface area contributed by atoms with Gasteiger partial charge in [-0.15, -0.1) is 11.8 Å². The van der Waals surface area contributed by atoms with Gasteiger partial charge in [0.1, 0.15) is 0 Å². The van der Waals surface area contributed by atoms with Gasteiger partial charge in [-0.05, 0) is 69.0 Å². The highest BCUT2D eigenvalue weighted by Gasteiger charge is 2.45. The molecular weight excluding hydrogens is 318 g/mol. The fraction of sp³-hybridized carbons (Fsp3) is 0.632. The maximum atomic E-state index is 12.3. The normalized spacial score (nSPS) is 30.0. The van der Waals surface area contributed by atoms with Gasteiger partial charge in [0.05, 0.1) is 0 Å². The molecule has 0 spiro atoms. The highest BCUT2D eigenvalue weighted by atomic mass is 32.2. The number of benzene rings is 1. The number of hydrogen-bond donors (Lipinski definition) is 2. The van der Waals surface area contributed by atoms with Crippen LogP contribution in [0.2, 0.25) is 0 Å². The molecule has 2 N–H and O–H groups in total. The zero-order valence-corrected chi connectivity index (χ0v) is 15.1. The van der Waals surface area contributed by atoms with Crippen molar-refractivity contribution in [1.29, 1.82) is 0 Å². The van der Waals surface area contributed by atoms with Crippen LogP contribution in [0.15, 0.2) is 29.2 Å². The number of rotatable bonds is 4. The molecule has 1 saturated carbocycles. The molecule has 130 valence electrons. The molecule has 3 atom stereocenters. The molecule has 1 aliphatic carbocycles. The van der Waals surface area contributed by atoms with Gasteiger partial charge in [-0.1, -0.05) is 6.42 Å². The van der Waals surface area contributed by atoms with Crippen molar-refractivity contribution in [3.8, 4) is 0 Å². The number of carbonyl (C=O) groups is 1. The molecule has 3 aliphatic rings. The fourth-order valence-electron chi connectivity index (χ4n) is 4.53. The first-order valence-electron chi connectivity index (χ1n) is 9.22. The van der Waals surface area contributed by atoms with Gasteiger partial charge >= 0.3 is 6.03 Å². The number of amides is 2. The van der Waals surface area contributed by atoms with Crippen LogP contribution < -0.4 is 10.6 Å². The molecule has 3 fully saturated rings. The van der Waals surface area contributed by atoms with E-state index in [9.17, 15) is 4.79 Å². The third kappa shape index (κ3) is 3.57. The molecule has 2 heterocycles. The minimum atomic E-state index is -0.0603. The number of anilines is 1. The molecule has 2 saturated heterocycles. The van der Waals surface area contributed by atoms with Gasteiger partial charge in [-0.2, -0.15) is 0 Å². The number of thioether (sulfide) groups is 1. The van der Waals surface area contributed by atoms with Crippen LogP contribution in [-0.2, 0) is 0 Å². The molecule has 4 nitrogen and oxygen atoms in total. The summed E-state index contributed by atoms with van der Waals surface area (Å²) in [5, 5.41) is 6.20. The van der Waals surface area contributed by atoms with E-state index in [4.69, 9.17) is 0 Å². The van der Waals surface area contributed by atoms with Crippen LogP contribution in [0.5, 0.6) is 0 Å². The van der Waals surface area contributed by atoms with E-state index in [1.54, 1.807) is 11.8 Å². The number of carbonyl (C=O) groups excluding carboxylic acids is 1. The molecule has 5 heteroatoms. The molecule has 4 rings (SSSR count). The molecule has 1 aromatic rings. The second-order valence-corrected chi connectivity index (χ2v) is 8.29. The van der Waals surface area contributed by atoms with Crippen molar-refractivity contribution in [2.24, 2.45) is 0 Å². The van der Waals surface area contributed by atoms with Crippen molar-refractivity contribution in [3.63, 3.8) is 0 Å². The van der Waals surface area contributed by atoms with Crippen LogP contribution in [0.4, 0.5) is 10.5 Å². The Kier molecular flexibility index (Phi) is 4.72. The maximum absolute atomic E-state index is 12.3. The first kappa shape index (κ1) is 16.3. The summed E-state index contributed by atoms with van der Waals surface area (Å²) in [5.41, 5.74) is 0.862. The third-order valence-corrected chi connectivity index (χ3v) is 6.43. The lowest BCUT2D eigenvalue weighted by atomic mass is 9.81. The highest BCUT2D eigenvalue weighted by Crippen LogP contribution is 2.41. The molecule has 2 bridgehead atoms. The second-order valence-electron chi connectivity index (χ2n) is 7.41. The fourth-order valence-corrected chi connectivity index (χ4v) is 4.94. The van der Waals surface area contributed by atoms with Gasteiger partial charge in [-0.25, -0.2) is 4.79 Å². The Labute approximate surface area is 148 Å². The minimum Gasteiger partial charge on any atom is -0.335 e. The van der Waals surface area contributed by atoms with E-state index in [-0.39, 0.29) is 6.03 Å². The van der Waals surface area contributed by atoms with E-state index in [1.807, 2.05) is 24.3 Å². The number of nitrogens with one attached hydrogen (secondary N) is 2. The number of hydrogen-bond acceptors (Lipinski definition) is 3. The highest BCUT2D eigenvalue weighted by molar-refractivity contribution is 7.98. The SMILES string of the molecule is CSc1ccc(NC(=O)NC2C[C@H]3CCC[C@@H](C2)N3C2CC2)cc1. The molecule has 2 amide bonds. The van der Waals surface area contributed by atoms with Crippen molar-refractivity contribution in [3.05, 3.63) is 24.3 Å². The monoisotopic (exact) mass is 345 g/mol. The Morgan fingerprint density at radius 3 is 2.29 bits per heavy atom. The molecule has 0 radical (unpaired) electrons. The van der Waals surface area contributed by atoms with Crippen LogP contribution in [0.3, 0.4) is 0 Å². The van der Waals surface area contributed by atoms with Gasteiger partial charge < -0.3 is 10.6 Å². The summed E-state index contributed by atoms with van der Waals surface area (Å²) < 4.78 is 0. The van der Waals surface area contributed by atoms with E-state index < -0.39 is 0 Å². The lowest BCUT2D eigenvalue weighted by molar-refractivity contribution is 0.0198. The summed E-state index contributed by atoms with van der Waals surface area (Å²) in [6.07, 6.45) is 11.0. The van der Waals surface area contributed by atoms with Crippen molar-refractivity contribution in [2.75, 3.05) is 11.6 Å². The van der Waals surface area contributed by atoms with Gasteiger partial charge in [0.15, 0.2) is 0 Å². The second kappa shape index (κ2) is 6.96. The average molecular weight is 346 g/mol. The number of fused-ring (bicyclic) bond motifs is 2. The van der Waals surface area contributed by atoms with E-state index in [0.717, 1.165) is 24.6 Å². The summed E-state index contributed by atoms with van der Waals surface area (Å²) in [4.78, 5) is 16.3. The van der Waals surface area contributed by atoms with Gasteiger partial charge in [0.25, 0.3) is 0 Å². The largest absolute Gasteiger partial charge is 0.335 e. The molecule has 1 unspecified atom stereocenters. The van der Waals surface area contributed by atoms with Crippen LogP contribution in [-0.4, -0.2) is 41.4 Å². The predicted molar refractivity (Wildman–Crippen MR) is 99.7 cm³/mol. The molecule has 24 heavy (non-hydrogen) atoms. The quantitative estimate of drug-likeness (QED) is 0.808. The summed E-state index contributed by atoms with van der Waals surface area (Å²) in [7, 11) is 0. The van der Waals surface area contributed by atoms with E-state index >= 15 is 0 Å². The van der Waals surface area contributed by atoms with Crippen molar-refractivity contribution < 1.29 is 4.79 Å². The number of piperidine rings is 2. The molecule has 0 aromatic heterocycles. The van der Waals surface area contributed by atoms with E-state index in [2.05, 4.69) is 21.8 Å². The smallest absolute Gasteiger partial charge is 0.319 e. The Hall–Kier alpha value is -1.20. The Bertz CT molecular complexity index is 573. The van der Waals surface area contributed by atoms with Crippen molar-refractivity contribution in [1.82, 2.24) is 10.2 Å². The van der Waals surface area contributed by atoms with Crippen molar-refractivity contribution in [2.45, 2.75) is 74.0 Å². The lowest BCUT2D eigenvalue weighted by Crippen LogP contribution is -2.58. The first-order valence-corrected chi connectivity index (χ1v) is 10.4. The van der Waals surface area contributed by atoms with Gasteiger partial charge in [0, 0.05) is 34.8 Å². The van der Waals surface area contributed by atoms with Crippen LogP contribution in [0.25, 0.3) is 0 Å². The summed E-state index contributed by atoms with van der Waals surface area (Å²) in [6.45, 7) is 0. The standard InChI is InChI=1S/C19H27N3OS/c1-24-18-9-5-13(6-10-18)20-19(23)21-14-11-16-3-2-4-17(12-14)22(16)15-7-8-15/h5-6,9-10,14-17H,2-4,7-8,11-12H2,1H3,(H2,20,21,23)/t14?,16-,17+. The summed E-state index contributed by atoms with van der Waals surface area (Å²) in [6, 6.07) is 10.5. The summed E-state index contributed by atoms with van der Waals surface area (Å²) in [5.74, 6) is 0. The Morgan fingerprint density at radius 2 is 1.71 bits per heavy atom. The lowest BCUT2D eigenvalue weighted by Gasteiger charge is -2.49. The topological polar surface area (TPSA) is 44.4 Å². The predicted octanol–water partition coefficient (Wildman–Crippen LogP) is 4.08. The summed E-state index contributed by atoms with van der Waals surface area (Å²) >= 11 is 1.71. The maximum Gasteiger partial charge on any atom is 0.319 e. The van der Waals surface area contributed by atoms with Crippen LogP contribution >= 0.6 is 11.8 Å². The van der Waals surface area contributed by atoms with Gasteiger partial charge in [0.2, 0.25) is 0 Å². The van der Waals surface area contributed by atoms with E-state index in [0.29, 0.717) is 18.1 Å². The number of nitrogens with zero attached hydrogens (tertiary/aromatic N) is 1. The molecule has 1 aromatic carbocycles. The zero-order chi connectivity index (χ0) is 16.5. The first-order chi connectivity index (χ1) is 11.7. The van der Waals surface area contributed by atoms with Crippen molar-refractivity contribution >= 4 is 23.5 Å². The number of urea groups is 1. The Morgan fingerprint density at radius 1 is 1.04 bits per heavy atom. The minimum absolute atomic E-state index is 0.0603. The average Bonchev–Trinajstić information content (AvgIpc) is 3.39. The van der Waals surface area contributed by atoms with Crippen LogP contribution in [0, 0.1) is 0 Å². The van der Waals surface area contributed by atoms with Gasteiger partial charge in [-0.3, -0.25) is 4.90 Å². The Balaban J connectivity index is 1.32.